The Morgan fingerprint density at radius 3 is 2.62 bits per heavy atom. The third-order valence-corrected chi connectivity index (χ3v) is 3.13. The molecule has 1 aliphatic rings. The first-order chi connectivity index (χ1) is 7.84. The predicted molar refractivity (Wildman–Crippen MR) is 60.2 cm³/mol. The zero-order chi connectivity index (χ0) is 11.0. The minimum Gasteiger partial charge on any atom is -0.303 e. The molecule has 3 rings (SSSR count). The maximum atomic E-state index is 12.8. The van der Waals surface area contributed by atoms with E-state index in [0.29, 0.717) is 0 Å². The Kier molecular flexibility index (Phi) is 2.24. The molecule has 2 nitrogen and oxygen atoms in total. The van der Waals surface area contributed by atoms with E-state index in [1.807, 2.05) is 6.33 Å². The normalized spacial score (nSPS) is 14.8. The lowest BCUT2D eigenvalue weighted by Gasteiger charge is -2.13. The van der Waals surface area contributed by atoms with Gasteiger partial charge >= 0.3 is 0 Å². The van der Waals surface area contributed by atoms with Gasteiger partial charge in [0.1, 0.15) is 5.82 Å². The van der Waals surface area contributed by atoms with Crippen LogP contribution in [0, 0.1) is 5.82 Å². The molecule has 3 heteroatoms. The van der Waals surface area contributed by atoms with Crippen LogP contribution in [0.1, 0.15) is 24.2 Å². The number of aryl methyl sites for hydroxylation is 1. The van der Waals surface area contributed by atoms with Crippen molar-refractivity contribution in [2.75, 3.05) is 0 Å². The van der Waals surface area contributed by atoms with Gasteiger partial charge in [0.2, 0.25) is 0 Å². The Morgan fingerprint density at radius 1 is 1.06 bits per heavy atom. The van der Waals surface area contributed by atoms with E-state index in [1.54, 1.807) is 12.1 Å². The second kappa shape index (κ2) is 3.74. The summed E-state index contributed by atoms with van der Waals surface area (Å²) in [7, 11) is 0. The van der Waals surface area contributed by atoms with Crippen LogP contribution in [0.5, 0.6) is 0 Å². The van der Waals surface area contributed by atoms with Crippen LogP contribution in [0.3, 0.4) is 0 Å². The Labute approximate surface area is 93.7 Å². The summed E-state index contributed by atoms with van der Waals surface area (Å²) in [6, 6.07) is 6.58. The minimum absolute atomic E-state index is 0.197. The van der Waals surface area contributed by atoms with Crippen molar-refractivity contribution in [3.05, 3.63) is 47.8 Å². The summed E-state index contributed by atoms with van der Waals surface area (Å²) < 4.78 is 14.9. The number of hydrogen-bond donors (Lipinski definition) is 0. The first-order valence-electron chi connectivity index (χ1n) is 5.65. The molecule has 1 aromatic carbocycles. The third kappa shape index (κ3) is 1.52. The average molecular weight is 216 g/mol. The van der Waals surface area contributed by atoms with Crippen LogP contribution in [0.2, 0.25) is 0 Å². The van der Waals surface area contributed by atoms with Crippen molar-refractivity contribution in [3.63, 3.8) is 0 Å². The highest BCUT2D eigenvalue weighted by Gasteiger charge is 2.15. The van der Waals surface area contributed by atoms with E-state index in [0.717, 1.165) is 18.5 Å². The smallest absolute Gasteiger partial charge is 0.123 e. The first-order valence-corrected chi connectivity index (χ1v) is 5.65. The van der Waals surface area contributed by atoms with Gasteiger partial charge in [-0.2, -0.15) is 0 Å². The van der Waals surface area contributed by atoms with Gasteiger partial charge in [0, 0.05) is 11.4 Å². The molecule has 16 heavy (non-hydrogen) atoms. The molecule has 1 aliphatic carbocycles. The molecule has 0 saturated carbocycles. The highest BCUT2D eigenvalue weighted by Crippen LogP contribution is 2.22. The van der Waals surface area contributed by atoms with Gasteiger partial charge in [-0.15, -0.1) is 0 Å². The largest absolute Gasteiger partial charge is 0.303 e. The number of benzene rings is 1. The average Bonchev–Trinajstić information content (AvgIpc) is 2.74. The van der Waals surface area contributed by atoms with E-state index in [9.17, 15) is 4.39 Å². The van der Waals surface area contributed by atoms with Crippen LogP contribution >= 0.6 is 0 Å². The van der Waals surface area contributed by atoms with Gasteiger partial charge in [0.25, 0.3) is 0 Å². The van der Waals surface area contributed by atoms with Gasteiger partial charge in [-0.05, 0) is 49.9 Å². The molecule has 0 unspecified atom stereocenters. The van der Waals surface area contributed by atoms with Crippen LogP contribution in [-0.2, 0) is 12.8 Å². The highest BCUT2D eigenvalue weighted by molar-refractivity contribution is 5.36. The van der Waals surface area contributed by atoms with Crippen molar-refractivity contribution < 1.29 is 4.39 Å². The Morgan fingerprint density at radius 2 is 1.81 bits per heavy atom. The van der Waals surface area contributed by atoms with Gasteiger partial charge in [-0.3, -0.25) is 0 Å². The van der Waals surface area contributed by atoms with E-state index < -0.39 is 0 Å². The van der Waals surface area contributed by atoms with Gasteiger partial charge < -0.3 is 4.57 Å². The van der Waals surface area contributed by atoms with E-state index in [4.69, 9.17) is 0 Å². The molecule has 0 fully saturated rings. The number of imidazole rings is 1. The molecular weight excluding hydrogens is 203 g/mol. The fraction of sp³-hybridized carbons (Fsp3) is 0.308. The first kappa shape index (κ1) is 9.58. The lowest BCUT2D eigenvalue weighted by atomic mass is 10.0. The summed E-state index contributed by atoms with van der Waals surface area (Å²) in [6.07, 6.45) is 6.45. The molecule has 0 spiro atoms. The second-order valence-electron chi connectivity index (χ2n) is 4.19. The number of aromatic nitrogens is 2. The number of hydrogen-bond acceptors (Lipinski definition) is 1. The molecule has 1 aromatic heterocycles. The van der Waals surface area contributed by atoms with Crippen LogP contribution in [-0.4, -0.2) is 9.55 Å². The molecule has 82 valence electrons. The molecule has 1 heterocycles. The molecule has 0 amide bonds. The van der Waals surface area contributed by atoms with Gasteiger partial charge in [-0.1, -0.05) is 0 Å². The van der Waals surface area contributed by atoms with E-state index in [1.165, 1.54) is 36.4 Å². The number of fused-ring (bicyclic) bond motifs is 1. The van der Waals surface area contributed by atoms with Crippen molar-refractivity contribution in [2.24, 2.45) is 0 Å². The molecule has 2 aromatic rings. The topological polar surface area (TPSA) is 17.8 Å². The fourth-order valence-corrected chi connectivity index (χ4v) is 2.29. The monoisotopic (exact) mass is 216 g/mol. The summed E-state index contributed by atoms with van der Waals surface area (Å²) in [6.45, 7) is 0. The van der Waals surface area contributed by atoms with Crippen molar-refractivity contribution in [2.45, 2.75) is 25.7 Å². The zero-order valence-electron chi connectivity index (χ0n) is 8.99. The number of rotatable bonds is 1. The van der Waals surface area contributed by atoms with Crippen molar-refractivity contribution in [1.82, 2.24) is 9.55 Å². The fourth-order valence-electron chi connectivity index (χ4n) is 2.29. The molecule has 0 saturated heterocycles. The van der Waals surface area contributed by atoms with Crippen LogP contribution in [0.25, 0.3) is 5.69 Å². The number of halogens is 1. The molecule has 0 N–H and O–H groups in total. The summed E-state index contributed by atoms with van der Waals surface area (Å²) in [4.78, 5) is 4.42. The van der Waals surface area contributed by atoms with Crippen molar-refractivity contribution >= 4 is 0 Å². The lowest BCUT2D eigenvalue weighted by molar-refractivity contribution is 0.626. The van der Waals surface area contributed by atoms with E-state index in [-0.39, 0.29) is 5.82 Å². The number of nitrogens with zero attached hydrogens (tertiary/aromatic N) is 2. The highest BCUT2D eigenvalue weighted by atomic mass is 19.1. The summed E-state index contributed by atoms with van der Waals surface area (Å²) in [5.74, 6) is -0.197. The van der Waals surface area contributed by atoms with Crippen LogP contribution in [0.15, 0.2) is 30.6 Å². The van der Waals surface area contributed by atoms with Crippen molar-refractivity contribution in [3.8, 4) is 5.69 Å². The van der Waals surface area contributed by atoms with E-state index >= 15 is 0 Å². The molecule has 0 atom stereocenters. The quantitative estimate of drug-likeness (QED) is 0.716. The summed E-state index contributed by atoms with van der Waals surface area (Å²) in [5.41, 5.74) is 3.49. The van der Waals surface area contributed by atoms with Crippen LogP contribution < -0.4 is 0 Å². The van der Waals surface area contributed by atoms with Crippen molar-refractivity contribution in [1.29, 1.82) is 0 Å². The summed E-state index contributed by atoms with van der Waals surface area (Å²) >= 11 is 0. The third-order valence-electron chi connectivity index (χ3n) is 3.13. The SMILES string of the molecule is Fc1ccc(-n2cnc3c2CCCC3)cc1. The molecular formula is C13H13FN2. The van der Waals surface area contributed by atoms with Gasteiger partial charge in [0.15, 0.2) is 0 Å². The summed E-state index contributed by atoms with van der Waals surface area (Å²) in [5, 5.41) is 0. The molecule has 0 aliphatic heterocycles. The Balaban J connectivity index is 2.06. The van der Waals surface area contributed by atoms with Gasteiger partial charge in [-0.25, -0.2) is 9.37 Å². The molecule has 0 bridgehead atoms. The van der Waals surface area contributed by atoms with Crippen LogP contribution in [0.4, 0.5) is 4.39 Å². The minimum atomic E-state index is -0.197. The zero-order valence-corrected chi connectivity index (χ0v) is 8.99. The van der Waals surface area contributed by atoms with E-state index in [2.05, 4.69) is 9.55 Å². The maximum absolute atomic E-state index is 12.8. The van der Waals surface area contributed by atoms with Gasteiger partial charge in [0.05, 0.1) is 12.0 Å². The second-order valence-corrected chi connectivity index (χ2v) is 4.19. The molecule has 0 radical (unpaired) electrons. The lowest BCUT2D eigenvalue weighted by Crippen LogP contribution is -2.06. The maximum Gasteiger partial charge on any atom is 0.123 e. The standard InChI is InChI=1S/C13H13FN2/c14-10-5-7-11(8-6-10)16-9-15-12-3-1-2-4-13(12)16/h5-9H,1-4H2. The Hall–Kier alpha value is -1.64. The predicted octanol–water partition coefficient (Wildman–Crippen LogP) is 2.89. The Bertz CT molecular complexity index is 499.